The normalized spacial score (nSPS) is 10.9. The van der Waals surface area contributed by atoms with Crippen molar-refractivity contribution in [3.8, 4) is 0 Å². The minimum Gasteiger partial charge on any atom is -0.339 e. The first kappa shape index (κ1) is 14.0. The fraction of sp³-hybridized carbons (Fsp3) is 0.200. The summed E-state index contributed by atoms with van der Waals surface area (Å²) in [6.07, 6.45) is 1.55. The third kappa shape index (κ3) is 2.16. The third-order valence-corrected chi connectivity index (χ3v) is 3.49. The highest BCUT2D eigenvalue weighted by atomic mass is 16.2. The number of anilines is 2. The van der Waals surface area contributed by atoms with Gasteiger partial charge in [0.2, 0.25) is 0 Å². The van der Waals surface area contributed by atoms with Gasteiger partial charge in [-0.3, -0.25) is 13.9 Å². The molecule has 7 nitrogen and oxygen atoms in total. The van der Waals surface area contributed by atoms with Gasteiger partial charge in [-0.1, -0.05) is 6.07 Å². The van der Waals surface area contributed by atoms with Crippen molar-refractivity contribution >= 4 is 22.5 Å². The summed E-state index contributed by atoms with van der Waals surface area (Å²) in [7, 11) is 3.04. The van der Waals surface area contributed by atoms with Crippen LogP contribution < -0.4 is 16.6 Å². The zero-order valence-corrected chi connectivity index (χ0v) is 12.5. The van der Waals surface area contributed by atoms with Crippen LogP contribution in [-0.4, -0.2) is 19.1 Å². The van der Waals surface area contributed by atoms with Gasteiger partial charge in [-0.25, -0.2) is 14.8 Å². The van der Waals surface area contributed by atoms with E-state index < -0.39 is 5.69 Å². The lowest BCUT2D eigenvalue weighted by Crippen LogP contribution is -2.37. The second-order valence-electron chi connectivity index (χ2n) is 5.05. The average molecular weight is 297 g/mol. The Kier molecular flexibility index (Phi) is 3.25. The fourth-order valence-electron chi connectivity index (χ4n) is 2.34. The first-order valence-electron chi connectivity index (χ1n) is 6.74. The molecule has 0 saturated heterocycles. The van der Waals surface area contributed by atoms with Gasteiger partial charge in [0.05, 0.1) is 5.69 Å². The highest BCUT2D eigenvalue weighted by Crippen LogP contribution is 2.20. The van der Waals surface area contributed by atoms with Crippen LogP contribution in [0.15, 0.2) is 40.1 Å². The zero-order valence-electron chi connectivity index (χ0n) is 12.5. The molecule has 0 aliphatic rings. The lowest BCUT2D eigenvalue weighted by Gasteiger charge is -2.11. The second-order valence-corrected chi connectivity index (χ2v) is 5.05. The van der Waals surface area contributed by atoms with Crippen molar-refractivity contribution in [2.75, 3.05) is 5.32 Å². The van der Waals surface area contributed by atoms with Crippen molar-refractivity contribution in [1.29, 1.82) is 0 Å². The van der Waals surface area contributed by atoms with Gasteiger partial charge >= 0.3 is 5.69 Å². The molecule has 0 aliphatic carbocycles. The maximum absolute atomic E-state index is 12.4. The van der Waals surface area contributed by atoms with E-state index in [1.165, 1.54) is 11.6 Å². The minimum atomic E-state index is -0.407. The number of nitrogens with zero attached hydrogens (tertiary/aromatic N) is 4. The van der Waals surface area contributed by atoms with Gasteiger partial charge in [-0.2, -0.15) is 0 Å². The Balaban J connectivity index is 2.27. The predicted molar refractivity (Wildman–Crippen MR) is 84.5 cm³/mol. The van der Waals surface area contributed by atoms with Gasteiger partial charge in [-0.05, 0) is 25.1 Å². The summed E-state index contributed by atoms with van der Waals surface area (Å²) in [6, 6.07) is 7.27. The lowest BCUT2D eigenvalue weighted by atomic mass is 10.2. The van der Waals surface area contributed by atoms with Gasteiger partial charge in [-0.15, -0.1) is 0 Å². The average Bonchev–Trinajstić information content (AvgIpc) is 2.50. The highest BCUT2D eigenvalue weighted by molar-refractivity contribution is 5.89. The van der Waals surface area contributed by atoms with E-state index >= 15 is 0 Å². The molecule has 3 aromatic rings. The summed E-state index contributed by atoms with van der Waals surface area (Å²) in [6.45, 7) is 1.89. The Labute approximate surface area is 125 Å². The Morgan fingerprint density at radius 1 is 1.09 bits per heavy atom. The van der Waals surface area contributed by atoms with Crippen LogP contribution in [0.5, 0.6) is 0 Å². The summed E-state index contributed by atoms with van der Waals surface area (Å²) in [4.78, 5) is 32.9. The number of nitrogens with one attached hydrogen (secondary N) is 1. The van der Waals surface area contributed by atoms with E-state index in [2.05, 4.69) is 15.3 Å². The summed E-state index contributed by atoms with van der Waals surface area (Å²) in [5, 5.41) is 3.48. The van der Waals surface area contributed by atoms with E-state index in [9.17, 15) is 9.59 Å². The van der Waals surface area contributed by atoms with Crippen molar-refractivity contribution in [3.63, 3.8) is 0 Å². The molecule has 3 heterocycles. The first-order chi connectivity index (χ1) is 10.5. The van der Waals surface area contributed by atoms with Crippen molar-refractivity contribution in [2.45, 2.75) is 6.92 Å². The van der Waals surface area contributed by atoms with Gasteiger partial charge in [0.25, 0.3) is 5.56 Å². The van der Waals surface area contributed by atoms with E-state index in [-0.39, 0.29) is 5.56 Å². The summed E-state index contributed by atoms with van der Waals surface area (Å²) in [5.41, 5.74) is 0.978. The molecule has 0 amide bonds. The number of aryl methyl sites for hydroxylation is 2. The Morgan fingerprint density at radius 3 is 2.59 bits per heavy atom. The standard InChI is InChI=1S/C15H15N5O2/c1-9-5-4-6-11(17-9)18-10-7-8-16-13-12(10)14(21)20(3)15(22)19(13)2/h4-8H,1-3H3,(H,16,17,18). The van der Waals surface area contributed by atoms with E-state index in [0.717, 1.165) is 10.3 Å². The topological polar surface area (TPSA) is 81.8 Å². The van der Waals surface area contributed by atoms with Gasteiger partial charge < -0.3 is 5.32 Å². The van der Waals surface area contributed by atoms with Crippen LogP contribution in [0.4, 0.5) is 11.5 Å². The molecular weight excluding hydrogens is 282 g/mol. The molecule has 3 rings (SSSR count). The SMILES string of the molecule is Cc1cccc(Nc2ccnc3c2c(=O)n(C)c(=O)n3C)n1. The van der Waals surface area contributed by atoms with Crippen molar-refractivity contribution < 1.29 is 0 Å². The van der Waals surface area contributed by atoms with Crippen molar-refractivity contribution in [2.24, 2.45) is 14.1 Å². The summed E-state index contributed by atoms with van der Waals surface area (Å²) in [5.74, 6) is 0.628. The number of hydrogen-bond donors (Lipinski definition) is 1. The Morgan fingerprint density at radius 2 is 1.86 bits per heavy atom. The number of hydrogen-bond acceptors (Lipinski definition) is 5. The zero-order chi connectivity index (χ0) is 15.9. The first-order valence-corrected chi connectivity index (χ1v) is 6.74. The van der Waals surface area contributed by atoms with Crippen LogP contribution in [-0.2, 0) is 14.1 Å². The predicted octanol–water partition coefficient (Wildman–Crippen LogP) is 1.08. The summed E-state index contributed by atoms with van der Waals surface area (Å²) >= 11 is 0. The smallest absolute Gasteiger partial charge is 0.332 e. The molecule has 0 atom stereocenters. The fourth-order valence-corrected chi connectivity index (χ4v) is 2.34. The number of fused-ring (bicyclic) bond motifs is 1. The van der Waals surface area contributed by atoms with Gasteiger partial charge in [0, 0.05) is 26.0 Å². The Hall–Kier alpha value is -2.96. The molecule has 22 heavy (non-hydrogen) atoms. The summed E-state index contributed by atoms with van der Waals surface area (Å²) < 4.78 is 2.42. The van der Waals surface area contributed by atoms with Gasteiger partial charge in [0.1, 0.15) is 11.2 Å². The van der Waals surface area contributed by atoms with Crippen LogP contribution >= 0.6 is 0 Å². The molecule has 3 aromatic heterocycles. The maximum atomic E-state index is 12.4. The molecule has 0 bridgehead atoms. The third-order valence-electron chi connectivity index (χ3n) is 3.49. The molecule has 0 unspecified atom stereocenters. The van der Waals surface area contributed by atoms with Crippen LogP contribution in [0, 0.1) is 6.92 Å². The second kappa shape index (κ2) is 5.10. The highest BCUT2D eigenvalue weighted by Gasteiger charge is 2.13. The van der Waals surface area contributed by atoms with Crippen LogP contribution in [0.25, 0.3) is 11.0 Å². The molecule has 0 aliphatic heterocycles. The monoisotopic (exact) mass is 297 g/mol. The van der Waals surface area contributed by atoms with E-state index in [0.29, 0.717) is 22.5 Å². The number of rotatable bonds is 2. The molecule has 112 valence electrons. The van der Waals surface area contributed by atoms with E-state index in [1.807, 2.05) is 25.1 Å². The molecule has 0 radical (unpaired) electrons. The maximum Gasteiger partial charge on any atom is 0.332 e. The minimum absolute atomic E-state index is 0.339. The molecule has 0 spiro atoms. The Bertz CT molecular complexity index is 987. The van der Waals surface area contributed by atoms with Crippen molar-refractivity contribution in [3.05, 3.63) is 57.0 Å². The van der Waals surface area contributed by atoms with Crippen molar-refractivity contribution in [1.82, 2.24) is 19.1 Å². The van der Waals surface area contributed by atoms with Crippen LogP contribution in [0.2, 0.25) is 0 Å². The molecule has 0 aromatic carbocycles. The van der Waals surface area contributed by atoms with E-state index in [4.69, 9.17) is 0 Å². The largest absolute Gasteiger partial charge is 0.339 e. The molecule has 1 N–H and O–H groups in total. The quantitative estimate of drug-likeness (QED) is 0.765. The van der Waals surface area contributed by atoms with Crippen LogP contribution in [0.3, 0.4) is 0 Å². The number of pyridine rings is 2. The molecule has 0 saturated carbocycles. The molecule has 7 heteroatoms. The lowest BCUT2D eigenvalue weighted by molar-refractivity contribution is 0.708. The number of aromatic nitrogens is 4. The molecular formula is C15H15N5O2. The van der Waals surface area contributed by atoms with Gasteiger partial charge in [0.15, 0.2) is 5.65 Å². The van der Waals surface area contributed by atoms with Crippen LogP contribution in [0.1, 0.15) is 5.69 Å². The molecule has 0 fully saturated rings. The van der Waals surface area contributed by atoms with E-state index in [1.54, 1.807) is 19.3 Å².